The van der Waals surface area contributed by atoms with Gasteiger partial charge in [0, 0.05) is 24.8 Å². The molecule has 3 rings (SSSR count). The minimum Gasteiger partial charge on any atom is -0.476 e. The van der Waals surface area contributed by atoms with E-state index < -0.39 is 12.6 Å². The summed E-state index contributed by atoms with van der Waals surface area (Å²) in [5.74, 6) is -0.370. The number of nitrogens with zero attached hydrogens (tertiary/aromatic N) is 3. The van der Waals surface area contributed by atoms with E-state index in [0.717, 1.165) is 6.42 Å². The van der Waals surface area contributed by atoms with Crippen molar-refractivity contribution in [3.8, 4) is 17.0 Å². The summed E-state index contributed by atoms with van der Waals surface area (Å²) < 4.78 is 32.0. The number of hydrogen-bond acceptors (Lipinski definition) is 5. The molecule has 1 unspecified atom stereocenters. The maximum atomic E-state index is 13.0. The predicted molar refractivity (Wildman–Crippen MR) is 100 cm³/mol. The zero-order valence-electron chi connectivity index (χ0n) is 15.5. The number of aryl methyl sites for hydroxylation is 1. The minimum atomic E-state index is -3.06. The van der Waals surface area contributed by atoms with Crippen LogP contribution in [0.3, 0.4) is 0 Å². The topological polar surface area (TPSA) is 89.3 Å². The molecule has 2 N–H and O–H groups in total. The lowest BCUT2D eigenvalue weighted by atomic mass is 10.1. The van der Waals surface area contributed by atoms with Crippen molar-refractivity contribution in [1.29, 1.82) is 0 Å². The van der Waals surface area contributed by atoms with Crippen LogP contribution in [0.15, 0.2) is 12.3 Å². The lowest BCUT2D eigenvalue weighted by Gasteiger charge is -2.17. The fraction of sp³-hybridized carbons (Fsp3) is 0.500. The molecule has 152 valence electrons. The Bertz CT molecular complexity index is 871. The van der Waals surface area contributed by atoms with Crippen LogP contribution in [0.5, 0.6) is 5.75 Å². The van der Waals surface area contributed by atoms with Gasteiger partial charge in [-0.15, -0.1) is 0 Å². The Morgan fingerprint density at radius 3 is 2.79 bits per heavy atom. The first kappa shape index (κ1) is 20.3. The van der Waals surface area contributed by atoms with Gasteiger partial charge in [-0.1, -0.05) is 24.4 Å². The van der Waals surface area contributed by atoms with Crippen LogP contribution >= 0.6 is 11.6 Å². The zero-order chi connectivity index (χ0) is 20.4. The maximum absolute atomic E-state index is 13.0. The summed E-state index contributed by atoms with van der Waals surface area (Å²) in [6.45, 7) is 0.960. The normalized spacial score (nSPS) is 14.9. The van der Waals surface area contributed by atoms with Crippen molar-refractivity contribution < 1.29 is 23.4 Å². The average Bonchev–Trinajstić information content (AvgIpc) is 3.35. The Balaban J connectivity index is 1.99. The van der Waals surface area contributed by atoms with Crippen molar-refractivity contribution >= 4 is 23.4 Å². The van der Waals surface area contributed by atoms with Crippen molar-refractivity contribution in [2.75, 3.05) is 5.32 Å². The fourth-order valence-corrected chi connectivity index (χ4v) is 3.43. The Kier molecular flexibility index (Phi) is 6.02. The molecule has 0 saturated heterocycles. The average molecular weight is 415 g/mol. The molecule has 1 atom stereocenters. The molecule has 0 aromatic carbocycles. The van der Waals surface area contributed by atoms with Gasteiger partial charge in [0.25, 0.3) is 0 Å². The predicted octanol–water partition coefficient (Wildman–Crippen LogP) is 4.52. The van der Waals surface area contributed by atoms with E-state index >= 15 is 0 Å². The van der Waals surface area contributed by atoms with Gasteiger partial charge in [-0.2, -0.15) is 13.9 Å². The van der Waals surface area contributed by atoms with Gasteiger partial charge in [0.15, 0.2) is 5.69 Å². The number of ether oxygens (including phenoxy) is 1. The standard InChI is InChI=1S/C18H21ClF2N4O3/c1-3-25-16(14(19)15(24-25)17(26)27)11-8-22-13(7-12(11)28-18(20)21)23-9(2)6-10-4-5-10/h7-10,18H,3-6H2,1-2H3,(H,22,23)(H,26,27). The molecule has 1 aliphatic rings. The number of pyridine rings is 1. The van der Waals surface area contributed by atoms with E-state index in [-0.39, 0.29) is 40.3 Å². The van der Waals surface area contributed by atoms with E-state index in [0.29, 0.717) is 11.7 Å². The van der Waals surface area contributed by atoms with E-state index in [1.165, 1.54) is 29.8 Å². The lowest BCUT2D eigenvalue weighted by molar-refractivity contribution is -0.0494. The summed E-state index contributed by atoms with van der Waals surface area (Å²) >= 11 is 6.18. The molecule has 0 aliphatic heterocycles. The molecule has 2 heterocycles. The molecule has 1 saturated carbocycles. The Hall–Kier alpha value is -2.42. The Morgan fingerprint density at radius 1 is 1.50 bits per heavy atom. The van der Waals surface area contributed by atoms with Crippen LogP contribution in [0.1, 0.15) is 43.6 Å². The smallest absolute Gasteiger partial charge is 0.387 e. The zero-order valence-corrected chi connectivity index (χ0v) is 16.2. The summed E-state index contributed by atoms with van der Waals surface area (Å²) in [4.78, 5) is 15.6. The highest BCUT2D eigenvalue weighted by Crippen LogP contribution is 2.39. The molecule has 0 bridgehead atoms. The molecule has 1 fully saturated rings. The fourth-order valence-electron chi connectivity index (χ4n) is 3.11. The van der Waals surface area contributed by atoms with Crippen molar-refractivity contribution in [1.82, 2.24) is 14.8 Å². The van der Waals surface area contributed by atoms with Gasteiger partial charge >= 0.3 is 12.6 Å². The Labute approximate surface area is 165 Å². The maximum Gasteiger partial charge on any atom is 0.387 e. The summed E-state index contributed by atoms with van der Waals surface area (Å²) in [6.07, 6.45) is 4.74. The van der Waals surface area contributed by atoms with Crippen LogP contribution in [-0.4, -0.2) is 38.5 Å². The highest BCUT2D eigenvalue weighted by Gasteiger charge is 2.26. The number of hydrogen-bond donors (Lipinski definition) is 2. The number of alkyl halides is 2. The number of halogens is 3. The van der Waals surface area contributed by atoms with Gasteiger partial charge in [0.1, 0.15) is 16.6 Å². The summed E-state index contributed by atoms with van der Waals surface area (Å²) in [5.41, 5.74) is -0.0448. The van der Waals surface area contributed by atoms with Crippen LogP contribution in [0.25, 0.3) is 11.3 Å². The number of aromatic nitrogens is 3. The van der Waals surface area contributed by atoms with Gasteiger partial charge in [-0.05, 0) is 26.2 Å². The number of rotatable bonds is 9. The number of carboxylic acid groups (broad SMARTS) is 1. The van der Waals surface area contributed by atoms with E-state index in [9.17, 15) is 18.7 Å². The number of aromatic carboxylic acids is 1. The van der Waals surface area contributed by atoms with Crippen molar-refractivity contribution in [3.63, 3.8) is 0 Å². The monoisotopic (exact) mass is 414 g/mol. The van der Waals surface area contributed by atoms with Crippen molar-refractivity contribution in [3.05, 3.63) is 23.0 Å². The third kappa shape index (κ3) is 4.52. The molecule has 2 aromatic heterocycles. The number of carboxylic acids is 1. The van der Waals surface area contributed by atoms with Crippen LogP contribution in [-0.2, 0) is 6.54 Å². The van der Waals surface area contributed by atoms with Crippen molar-refractivity contribution in [2.45, 2.75) is 52.3 Å². The van der Waals surface area contributed by atoms with Crippen LogP contribution in [0.2, 0.25) is 5.02 Å². The molecule has 7 nitrogen and oxygen atoms in total. The van der Waals surface area contributed by atoms with Crippen LogP contribution in [0.4, 0.5) is 14.6 Å². The van der Waals surface area contributed by atoms with Crippen molar-refractivity contribution in [2.24, 2.45) is 5.92 Å². The number of carbonyl (C=O) groups is 1. The highest BCUT2D eigenvalue weighted by atomic mass is 35.5. The van der Waals surface area contributed by atoms with Crippen LogP contribution < -0.4 is 10.1 Å². The molecule has 1 aliphatic carbocycles. The molecule has 0 amide bonds. The molecular formula is C18H21ClF2N4O3. The molecule has 10 heteroatoms. The molecule has 28 heavy (non-hydrogen) atoms. The Morgan fingerprint density at radius 2 is 2.21 bits per heavy atom. The van der Waals surface area contributed by atoms with Gasteiger partial charge in [-0.3, -0.25) is 4.68 Å². The van der Waals surface area contributed by atoms with E-state index in [1.54, 1.807) is 6.92 Å². The molecular weight excluding hydrogens is 394 g/mol. The van der Waals surface area contributed by atoms with Crippen LogP contribution in [0, 0.1) is 5.92 Å². The van der Waals surface area contributed by atoms with E-state index in [4.69, 9.17) is 11.6 Å². The summed E-state index contributed by atoms with van der Waals surface area (Å²) in [7, 11) is 0. The quantitative estimate of drug-likeness (QED) is 0.627. The lowest BCUT2D eigenvalue weighted by Crippen LogP contribution is -2.17. The van der Waals surface area contributed by atoms with Gasteiger partial charge in [0.2, 0.25) is 0 Å². The second-order valence-corrected chi connectivity index (χ2v) is 7.18. The minimum absolute atomic E-state index is 0.133. The van der Waals surface area contributed by atoms with E-state index in [2.05, 4.69) is 20.1 Å². The SMILES string of the molecule is CCn1nc(C(=O)O)c(Cl)c1-c1cnc(NC(C)CC2CC2)cc1OC(F)F. The van der Waals surface area contributed by atoms with Gasteiger partial charge in [-0.25, -0.2) is 9.78 Å². The highest BCUT2D eigenvalue weighted by molar-refractivity contribution is 6.35. The molecule has 0 spiro atoms. The molecule has 2 aromatic rings. The third-order valence-electron chi connectivity index (χ3n) is 4.51. The molecule has 0 radical (unpaired) electrons. The number of anilines is 1. The first-order chi connectivity index (χ1) is 13.3. The van der Waals surface area contributed by atoms with Gasteiger partial charge in [0.05, 0.1) is 11.3 Å². The second-order valence-electron chi connectivity index (χ2n) is 6.80. The van der Waals surface area contributed by atoms with E-state index in [1.807, 2.05) is 6.92 Å². The summed E-state index contributed by atoms with van der Waals surface area (Å²) in [6, 6.07) is 1.50. The summed E-state index contributed by atoms with van der Waals surface area (Å²) in [5, 5.41) is 16.2. The largest absolute Gasteiger partial charge is 0.476 e. The first-order valence-corrected chi connectivity index (χ1v) is 9.39. The first-order valence-electron chi connectivity index (χ1n) is 9.01. The van der Waals surface area contributed by atoms with Gasteiger partial charge < -0.3 is 15.2 Å². The second kappa shape index (κ2) is 8.30. The third-order valence-corrected chi connectivity index (χ3v) is 4.87. The number of nitrogens with one attached hydrogen (secondary N) is 1.